The molecule has 2 aromatic rings. The minimum absolute atomic E-state index is 0.520. The lowest BCUT2D eigenvalue weighted by molar-refractivity contribution is 0.199. The average Bonchev–Trinajstić information content (AvgIpc) is 2.43. The quantitative estimate of drug-likeness (QED) is 0.870. The molecule has 0 saturated heterocycles. The molecule has 2 aromatic carbocycles. The Hall–Kier alpha value is -1.83. The number of aryl methyl sites for hydroxylation is 2. The summed E-state index contributed by atoms with van der Waals surface area (Å²) in [6.07, 6.45) is -0.520. The molecule has 0 heterocycles. The maximum Gasteiger partial charge on any atom is 0.141 e. The van der Waals surface area contributed by atoms with E-state index in [2.05, 4.69) is 22.0 Å². The molecule has 0 aromatic heterocycles. The highest BCUT2D eigenvalue weighted by atomic mass is 79.9. The minimum atomic E-state index is -0.520. The number of nitrogens with zero attached hydrogens (tertiary/aromatic N) is 1. The molecule has 2 rings (SSSR count). The van der Waals surface area contributed by atoms with E-state index in [0.717, 1.165) is 26.9 Å². The van der Waals surface area contributed by atoms with Gasteiger partial charge in [-0.1, -0.05) is 6.07 Å². The fourth-order valence-corrected chi connectivity index (χ4v) is 2.62. The van der Waals surface area contributed by atoms with Gasteiger partial charge in [-0.25, -0.2) is 0 Å². The van der Waals surface area contributed by atoms with Gasteiger partial charge in [-0.2, -0.15) is 5.26 Å². The Labute approximate surface area is 132 Å². The lowest BCUT2D eigenvalue weighted by Crippen LogP contribution is -1.95. The largest absolute Gasteiger partial charge is 0.456 e. The predicted molar refractivity (Wildman–Crippen MR) is 85.5 cm³/mol. The van der Waals surface area contributed by atoms with Gasteiger partial charge >= 0.3 is 0 Å². The van der Waals surface area contributed by atoms with Gasteiger partial charge in [-0.15, -0.1) is 0 Å². The van der Waals surface area contributed by atoms with Crippen LogP contribution < -0.4 is 4.74 Å². The third kappa shape index (κ3) is 3.44. The van der Waals surface area contributed by atoms with E-state index in [9.17, 15) is 5.11 Å². The number of rotatable bonds is 3. The van der Waals surface area contributed by atoms with Crippen molar-refractivity contribution in [3.05, 3.63) is 57.1 Å². The summed E-state index contributed by atoms with van der Waals surface area (Å²) in [6, 6.07) is 11.2. The molecule has 0 amide bonds. The summed E-state index contributed by atoms with van der Waals surface area (Å²) in [5, 5.41) is 18.6. The molecule has 0 bridgehead atoms. The van der Waals surface area contributed by atoms with Crippen molar-refractivity contribution in [2.45, 2.75) is 26.9 Å². The Balaban J connectivity index is 2.37. The van der Waals surface area contributed by atoms with Crippen molar-refractivity contribution in [3.8, 4) is 17.6 Å². The molecule has 0 fully saturated rings. The molecular formula is C17H16BrNO2. The number of ether oxygens (including phenoxy) is 1. The zero-order valence-electron chi connectivity index (χ0n) is 12.1. The van der Waals surface area contributed by atoms with E-state index in [1.54, 1.807) is 19.1 Å². The Bertz CT molecular complexity index is 694. The predicted octanol–water partition coefficient (Wildman–Crippen LogP) is 4.78. The summed E-state index contributed by atoms with van der Waals surface area (Å²) in [6.45, 7) is 5.56. The van der Waals surface area contributed by atoms with Crippen LogP contribution in [-0.4, -0.2) is 5.11 Å². The second kappa shape index (κ2) is 6.30. The van der Waals surface area contributed by atoms with Crippen molar-refractivity contribution in [2.75, 3.05) is 0 Å². The first-order valence-corrected chi connectivity index (χ1v) is 7.38. The van der Waals surface area contributed by atoms with Crippen LogP contribution in [0.1, 0.15) is 35.3 Å². The molecule has 0 unspecified atom stereocenters. The molecule has 0 saturated carbocycles. The van der Waals surface area contributed by atoms with Crippen LogP contribution in [0.15, 0.2) is 34.8 Å². The third-order valence-electron chi connectivity index (χ3n) is 3.24. The summed E-state index contributed by atoms with van der Waals surface area (Å²) in [5.74, 6) is 1.43. The van der Waals surface area contributed by atoms with Gasteiger partial charge < -0.3 is 9.84 Å². The van der Waals surface area contributed by atoms with Gasteiger partial charge in [0, 0.05) is 0 Å². The summed E-state index contributed by atoms with van der Waals surface area (Å²) in [4.78, 5) is 0. The van der Waals surface area contributed by atoms with Crippen molar-refractivity contribution < 1.29 is 9.84 Å². The molecule has 0 aliphatic heterocycles. The van der Waals surface area contributed by atoms with Crippen LogP contribution >= 0.6 is 15.9 Å². The lowest BCUT2D eigenvalue weighted by Gasteiger charge is -2.14. The normalized spacial score (nSPS) is 11.8. The first kappa shape index (κ1) is 15.6. The maximum atomic E-state index is 9.58. The molecule has 108 valence electrons. The number of benzene rings is 2. The van der Waals surface area contributed by atoms with E-state index < -0.39 is 6.10 Å². The summed E-state index contributed by atoms with van der Waals surface area (Å²) >= 11 is 3.46. The summed E-state index contributed by atoms with van der Waals surface area (Å²) in [5.41, 5.74) is 3.28. The van der Waals surface area contributed by atoms with Crippen molar-refractivity contribution in [1.29, 1.82) is 5.26 Å². The first-order chi connectivity index (χ1) is 9.92. The van der Waals surface area contributed by atoms with Crippen molar-refractivity contribution in [3.63, 3.8) is 0 Å². The molecule has 1 atom stereocenters. The number of aliphatic hydroxyl groups is 1. The molecule has 1 N–H and O–H groups in total. The number of nitriles is 1. The third-order valence-corrected chi connectivity index (χ3v) is 3.86. The number of aliphatic hydroxyl groups excluding tert-OH is 1. The summed E-state index contributed by atoms with van der Waals surface area (Å²) in [7, 11) is 0. The Morgan fingerprint density at radius 1 is 1.19 bits per heavy atom. The highest BCUT2D eigenvalue weighted by molar-refractivity contribution is 9.10. The molecule has 0 spiro atoms. The van der Waals surface area contributed by atoms with Crippen LogP contribution in [0.25, 0.3) is 0 Å². The monoisotopic (exact) mass is 345 g/mol. The van der Waals surface area contributed by atoms with E-state index in [4.69, 9.17) is 10.00 Å². The van der Waals surface area contributed by atoms with Gasteiger partial charge in [-0.3, -0.25) is 0 Å². The van der Waals surface area contributed by atoms with Gasteiger partial charge in [0.1, 0.15) is 11.5 Å². The van der Waals surface area contributed by atoms with E-state index >= 15 is 0 Å². The van der Waals surface area contributed by atoms with Gasteiger partial charge in [0.25, 0.3) is 0 Å². The smallest absolute Gasteiger partial charge is 0.141 e. The number of hydrogen-bond acceptors (Lipinski definition) is 3. The van der Waals surface area contributed by atoms with Crippen LogP contribution in [0.2, 0.25) is 0 Å². The van der Waals surface area contributed by atoms with E-state index in [1.807, 2.05) is 32.0 Å². The Morgan fingerprint density at radius 3 is 2.29 bits per heavy atom. The Kier molecular flexibility index (Phi) is 4.66. The van der Waals surface area contributed by atoms with E-state index in [-0.39, 0.29) is 0 Å². The van der Waals surface area contributed by atoms with Gasteiger partial charge in [-0.05, 0) is 77.7 Å². The van der Waals surface area contributed by atoms with Crippen molar-refractivity contribution >= 4 is 15.9 Å². The molecule has 21 heavy (non-hydrogen) atoms. The fraction of sp³-hybridized carbons (Fsp3) is 0.235. The van der Waals surface area contributed by atoms with Crippen molar-refractivity contribution in [2.24, 2.45) is 0 Å². The van der Waals surface area contributed by atoms with Gasteiger partial charge in [0.2, 0.25) is 0 Å². The maximum absolute atomic E-state index is 9.58. The van der Waals surface area contributed by atoms with E-state index in [1.165, 1.54) is 0 Å². The second-order valence-electron chi connectivity index (χ2n) is 5.02. The molecule has 0 aliphatic carbocycles. The van der Waals surface area contributed by atoms with Crippen LogP contribution in [0.5, 0.6) is 11.5 Å². The molecule has 3 nitrogen and oxygen atoms in total. The zero-order valence-corrected chi connectivity index (χ0v) is 13.7. The van der Waals surface area contributed by atoms with Crippen LogP contribution in [-0.2, 0) is 0 Å². The molecule has 4 heteroatoms. The number of hydrogen-bond donors (Lipinski definition) is 1. The lowest BCUT2D eigenvalue weighted by atomic mass is 10.1. The van der Waals surface area contributed by atoms with Crippen LogP contribution in [0.4, 0.5) is 0 Å². The van der Waals surface area contributed by atoms with Crippen molar-refractivity contribution in [1.82, 2.24) is 0 Å². The molecule has 0 aliphatic rings. The van der Waals surface area contributed by atoms with Crippen LogP contribution in [0, 0.1) is 25.2 Å². The second-order valence-corrected chi connectivity index (χ2v) is 5.87. The average molecular weight is 346 g/mol. The highest BCUT2D eigenvalue weighted by Gasteiger charge is 2.11. The SMILES string of the molecule is Cc1cc(C#N)cc(C)c1Oc1ccc([C@H](C)O)cc1Br. The summed E-state index contributed by atoms with van der Waals surface area (Å²) < 4.78 is 6.75. The Morgan fingerprint density at radius 2 is 1.81 bits per heavy atom. The fourth-order valence-electron chi connectivity index (χ4n) is 2.15. The topological polar surface area (TPSA) is 53.2 Å². The highest BCUT2D eigenvalue weighted by Crippen LogP contribution is 2.35. The minimum Gasteiger partial charge on any atom is -0.456 e. The van der Waals surface area contributed by atoms with Gasteiger partial charge in [0.15, 0.2) is 0 Å². The zero-order chi connectivity index (χ0) is 15.6. The molecular weight excluding hydrogens is 330 g/mol. The van der Waals surface area contributed by atoms with E-state index in [0.29, 0.717) is 11.3 Å². The standard InChI is InChI=1S/C17H16BrNO2/c1-10-6-13(9-19)7-11(2)17(10)21-16-5-4-14(12(3)20)8-15(16)18/h4-8,12,20H,1-3H3/t12-/m0/s1. The molecule has 0 radical (unpaired) electrons. The van der Waals surface area contributed by atoms with Crippen LogP contribution in [0.3, 0.4) is 0 Å². The number of halogens is 1. The van der Waals surface area contributed by atoms with Gasteiger partial charge in [0.05, 0.1) is 22.2 Å². The first-order valence-electron chi connectivity index (χ1n) is 6.59.